The maximum atomic E-state index is 12.2. The second-order valence-corrected chi connectivity index (χ2v) is 8.14. The lowest BCUT2D eigenvalue weighted by molar-refractivity contribution is -0.143. The third-order valence-corrected chi connectivity index (χ3v) is 5.00. The topological polar surface area (TPSA) is 129 Å². The van der Waals surface area contributed by atoms with Crippen molar-refractivity contribution < 1.29 is 19.4 Å². The number of fused-ring (bicyclic) bond motifs is 1. The summed E-state index contributed by atoms with van der Waals surface area (Å²) in [6.45, 7) is 4.10. The van der Waals surface area contributed by atoms with Crippen LogP contribution in [0.25, 0.3) is 11.2 Å². The Labute approximate surface area is 193 Å². The summed E-state index contributed by atoms with van der Waals surface area (Å²) in [6.07, 6.45) is 2.82. The Morgan fingerprint density at radius 3 is 2.70 bits per heavy atom. The highest BCUT2D eigenvalue weighted by molar-refractivity contribution is 5.83. The van der Waals surface area contributed by atoms with E-state index in [1.54, 1.807) is 4.57 Å². The van der Waals surface area contributed by atoms with Crippen molar-refractivity contribution in [1.82, 2.24) is 24.4 Å². The van der Waals surface area contributed by atoms with Crippen LogP contribution in [0.3, 0.4) is 0 Å². The van der Waals surface area contributed by atoms with Gasteiger partial charge in [-0.3, -0.25) is 9.36 Å². The second-order valence-electron chi connectivity index (χ2n) is 8.14. The van der Waals surface area contributed by atoms with E-state index in [0.717, 1.165) is 36.9 Å². The molecule has 0 aliphatic carbocycles. The summed E-state index contributed by atoms with van der Waals surface area (Å²) in [6, 6.07) is 7.47. The third-order valence-electron chi connectivity index (χ3n) is 5.00. The normalized spacial score (nSPS) is 11.3. The molecule has 1 aromatic carbocycles. The average Bonchev–Trinajstić information content (AvgIpc) is 3.07. The van der Waals surface area contributed by atoms with E-state index in [4.69, 9.17) is 15.2 Å². The molecule has 0 fully saturated rings. The van der Waals surface area contributed by atoms with Crippen LogP contribution in [0.2, 0.25) is 0 Å². The SMILES string of the molecule is CCCCOc1nc(N)c2nc(O)n(Cc3cccc(CC(=O)OCCCN(C)C)c3)c2n1. The largest absolute Gasteiger partial charge is 0.480 e. The number of rotatable bonds is 12. The van der Waals surface area contributed by atoms with Crippen molar-refractivity contribution in [2.75, 3.05) is 39.6 Å². The molecule has 10 nitrogen and oxygen atoms in total. The van der Waals surface area contributed by atoms with Crippen molar-refractivity contribution in [1.29, 1.82) is 0 Å². The van der Waals surface area contributed by atoms with Crippen molar-refractivity contribution in [3.63, 3.8) is 0 Å². The van der Waals surface area contributed by atoms with Gasteiger partial charge < -0.3 is 25.2 Å². The quantitative estimate of drug-likeness (QED) is 0.312. The highest BCUT2D eigenvalue weighted by atomic mass is 16.5. The molecule has 178 valence electrons. The van der Waals surface area contributed by atoms with Crippen LogP contribution >= 0.6 is 0 Å². The summed E-state index contributed by atoms with van der Waals surface area (Å²) in [5.74, 6) is -0.123. The highest BCUT2D eigenvalue weighted by Gasteiger charge is 2.17. The summed E-state index contributed by atoms with van der Waals surface area (Å²) in [4.78, 5) is 26.8. The van der Waals surface area contributed by atoms with Gasteiger partial charge in [-0.25, -0.2) is 0 Å². The number of aromatic nitrogens is 4. The number of imidazole rings is 1. The summed E-state index contributed by atoms with van der Waals surface area (Å²) < 4.78 is 12.4. The van der Waals surface area contributed by atoms with Crippen LogP contribution in [0.15, 0.2) is 24.3 Å². The van der Waals surface area contributed by atoms with Gasteiger partial charge in [0.05, 0.1) is 26.2 Å². The molecule has 3 N–H and O–H groups in total. The Hall–Kier alpha value is -3.40. The van der Waals surface area contributed by atoms with E-state index in [2.05, 4.69) is 21.9 Å². The smallest absolute Gasteiger partial charge is 0.320 e. The Morgan fingerprint density at radius 2 is 1.94 bits per heavy atom. The number of anilines is 1. The molecule has 0 aliphatic heterocycles. The van der Waals surface area contributed by atoms with E-state index in [0.29, 0.717) is 30.9 Å². The van der Waals surface area contributed by atoms with Gasteiger partial charge in [-0.15, -0.1) is 0 Å². The van der Waals surface area contributed by atoms with E-state index in [9.17, 15) is 9.90 Å². The minimum Gasteiger partial charge on any atom is -0.480 e. The number of ether oxygens (including phenoxy) is 2. The van der Waals surface area contributed by atoms with Crippen molar-refractivity contribution >= 4 is 23.0 Å². The Balaban J connectivity index is 1.72. The average molecular weight is 457 g/mol. The molecule has 2 aromatic heterocycles. The fourth-order valence-corrected chi connectivity index (χ4v) is 3.31. The Kier molecular flexibility index (Phi) is 8.42. The van der Waals surface area contributed by atoms with E-state index in [1.165, 1.54) is 0 Å². The molecule has 3 aromatic rings. The van der Waals surface area contributed by atoms with E-state index < -0.39 is 0 Å². The monoisotopic (exact) mass is 456 g/mol. The number of benzene rings is 1. The third kappa shape index (κ3) is 6.79. The zero-order valence-corrected chi connectivity index (χ0v) is 19.5. The number of nitrogens with zero attached hydrogens (tertiary/aromatic N) is 5. The number of nitrogen functional groups attached to an aromatic ring is 1. The number of hydrogen-bond donors (Lipinski definition) is 2. The summed E-state index contributed by atoms with van der Waals surface area (Å²) in [5.41, 5.74) is 8.40. The van der Waals surface area contributed by atoms with Crippen LogP contribution < -0.4 is 10.5 Å². The Morgan fingerprint density at radius 1 is 1.15 bits per heavy atom. The van der Waals surface area contributed by atoms with Gasteiger partial charge in [0.25, 0.3) is 6.01 Å². The first-order valence-electron chi connectivity index (χ1n) is 11.1. The number of carbonyl (C=O) groups is 1. The minimum atomic E-state index is -0.267. The van der Waals surface area contributed by atoms with E-state index in [-0.39, 0.29) is 30.2 Å². The summed E-state index contributed by atoms with van der Waals surface area (Å²) in [7, 11) is 3.96. The number of esters is 1. The molecule has 0 saturated carbocycles. The van der Waals surface area contributed by atoms with Crippen LogP contribution in [0.5, 0.6) is 12.0 Å². The highest BCUT2D eigenvalue weighted by Crippen LogP contribution is 2.26. The summed E-state index contributed by atoms with van der Waals surface area (Å²) in [5, 5.41) is 10.4. The number of aromatic hydroxyl groups is 1. The van der Waals surface area contributed by atoms with E-state index in [1.807, 2.05) is 43.3 Å². The van der Waals surface area contributed by atoms with Crippen LogP contribution in [-0.2, 0) is 22.5 Å². The lowest BCUT2D eigenvalue weighted by atomic mass is 10.1. The lowest BCUT2D eigenvalue weighted by Crippen LogP contribution is -2.16. The molecule has 10 heteroatoms. The molecule has 0 radical (unpaired) electrons. The van der Waals surface area contributed by atoms with Crippen molar-refractivity contribution in [3.8, 4) is 12.0 Å². The predicted octanol–water partition coefficient (Wildman–Crippen LogP) is 2.38. The zero-order valence-electron chi connectivity index (χ0n) is 19.5. The first-order chi connectivity index (χ1) is 15.9. The van der Waals surface area contributed by atoms with Gasteiger partial charge in [0.1, 0.15) is 0 Å². The molecule has 0 atom stereocenters. The maximum Gasteiger partial charge on any atom is 0.320 e. The van der Waals surface area contributed by atoms with Crippen molar-refractivity contribution in [2.45, 2.75) is 39.2 Å². The number of nitrogens with two attached hydrogens (primary N) is 1. The van der Waals surface area contributed by atoms with Gasteiger partial charge in [-0.2, -0.15) is 15.0 Å². The molecule has 0 amide bonds. The van der Waals surface area contributed by atoms with Gasteiger partial charge in [-0.1, -0.05) is 37.6 Å². The van der Waals surface area contributed by atoms with Gasteiger partial charge in [0.15, 0.2) is 17.0 Å². The molecule has 3 rings (SSSR count). The lowest BCUT2D eigenvalue weighted by Gasteiger charge is -2.10. The molecule has 0 saturated heterocycles. The van der Waals surface area contributed by atoms with Gasteiger partial charge in [0, 0.05) is 6.54 Å². The Bertz CT molecular complexity index is 1080. The molecule has 33 heavy (non-hydrogen) atoms. The summed E-state index contributed by atoms with van der Waals surface area (Å²) >= 11 is 0. The van der Waals surface area contributed by atoms with Crippen LogP contribution in [-0.4, -0.2) is 69.3 Å². The van der Waals surface area contributed by atoms with Crippen LogP contribution in [0.1, 0.15) is 37.3 Å². The second kappa shape index (κ2) is 11.5. The van der Waals surface area contributed by atoms with Gasteiger partial charge in [-0.05, 0) is 38.1 Å². The van der Waals surface area contributed by atoms with Crippen molar-refractivity contribution in [2.24, 2.45) is 0 Å². The standard InChI is InChI=1S/C23H32N6O4/c1-4-5-11-33-22-26-20(24)19-21(27-22)29(23(31)25-19)15-17-9-6-8-16(13-17)14-18(30)32-12-7-10-28(2)3/h6,8-9,13H,4-5,7,10-12,14-15H2,1-3H3,(H,25,31)(H2,24,26,27). The van der Waals surface area contributed by atoms with Gasteiger partial charge >= 0.3 is 12.0 Å². The number of carbonyl (C=O) groups excluding carboxylic acids is 1. The van der Waals surface area contributed by atoms with Crippen LogP contribution in [0.4, 0.5) is 5.82 Å². The fraction of sp³-hybridized carbons (Fsp3) is 0.478. The molecular formula is C23H32N6O4. The fourth-order valence-electron chi connectivity index (χ4n) is 3.31. The molecule has 2 heterocycles. The first-order valence-corrected chi connectivity index (χ1v) is 11.1. The molecule has 0 aliphatic rings. The molecule has 0 unspecified atom stereocenters. The van der Waals surface area contributed by atoms with Gasteiger partial charge in [0.2, 0.25) is 0 Å². The zero-order chi connectivity index (χ0) is 23.8. The predicted molar refractivity (Wildman–Crippen MR) is 125 cm³/mol. The number of hydrogen-bond acceptors (Lipinski definition) is 9. The van der Waals surface area contributed by atoms with Crippen LogP contribution in [0, 0.1) is 0 Å². The minimum absolute atomic E-state index is 0.145. The van der Waals surface area contributed by atoms with Crippen molar-refractivity contribution in [3.05, 3.63) is 35.4 Å². The van der Waals surface area contributed by atoms with E-state index >= 15 is 0 Å². The first kappa shape index (κ1) is 24.2. The molecule has 0 bridgehead atoms. The number of unbranched alkanes of at least 4 members (excludes halogenated alkanes) is 1. The molecule has 0 spiro atoms. The molecular weight excluding hydrogens is 424 g/mol. The maximum absolute atomic E-state index is 12.2.